The fourth-order valence-corrected chi connectivity index (χ4v) is 3.07. The fraction of sp³-hybridized carbons (Fsp3) is 0.414. The number of nitrogens with zero attached hydrogens (tertiary/aromatic N) is 1. The summed E-state index contributed by atoms with van der Waals surface area (Å²) in [6.07, 6.45) is 3.70. The largest absolute Gasteiger partial charge is 0.480 e. The summed E-state index contributed by atoms with van der Waals surface area (Å²) in [5.41, 5.74) is 17.1. The average molecular weight is 595 g/mol. The highest BCUT2D eigenvalue weighted by Gasteiger charge is 2.15. The first-order chi connectivity index (χ1) is 19.7. The van der Waals surface area contributed by atoms with Crippen molar-refractivity contribution in [1.29, 1.82) is 0 Å². The van der Waals surface area contributed by atoms with Gasteiger partial charge in [-0.25, -0.2) is 19.4 Å². The van der Waals surface area contributed by atoms with Crippen LogP contribution in [0.1, 0.15) is 52.0 Å². The molecule has 13 heteroatoms. The molecule has 0 spiro atoms. The highest BCUT2D eigenvalue weighted by Crippen LogP contribution is 2.21. The zero-order valence-corrected chi connectivity index (χ0v) is 24.7. The summed E-state index contributed by atoms with van der Waals surface area (Å²) >= 11 is 0. The van der Waals surface area contributed by atoms with Gasteiger partial charge in [0.25, 0.3) is 0 Å². The second-order valence-corrected chi connectivity index (χ2v) is 9.91. The molecule has 0 unspecified atom stereocenters. The number of benzene rings is 2. The molecule has 11 nitrogen and oxygen atoms in total. The topological polar surface area (TPSA) is 189 Å². The van der Waals surface area contributed by atoms with Gasteiger partial charge in [0.15, 0.2) is 23.2 Å². The number of aryl methyl sites for hydroxylation is 1. The Labute approximate surface area is 246 Å². The van der Waals surface area contributed by atoms with Gasteiger partial charge in [-0.15, -0.1) is 0 Å². The maximum absolute atomic E-state index is 13.3. The van der Waals surface area contributed by atoms with E-state index < -0.39 is 29.1 Å². The van der Waals surface area contributed by atoms with Crippen LogP contribution in [0.15, 0.2) is 54.4 Å². The predicted molar refractivity (Wildman–Crippen MR) is 159 cm³/mol. The van der Waals surface area contributed by atoms with Gasteiger partial charge in [-0.1, -0.05) is 24.6 Å². The number of ketones is 1. The molecular weight excluding hydrogens is 550 g/mol. The summed E-state index contributed by atoms with van der Waals surface area (Å²) in [6, 6.07) is 11.2. The van der Waals surface area contributed by atoms with Crippen molar-refractivity contribution in [2.24, 2.45) is 23.0 Å². The summed E-state index contributed by atoms with van der Waals surface area (Å²) in [6.45, 7) is 7.76. The van der Waals surface area contributed by atoms with Crippen LogP contribution in [0.5, 0.6) is 5.75 Å². The lowest BCUT2D eigenvalue weighted by Crippen LogP contribution is -2.33. The van der Waals surface area contributed by atoms with E-state index in [0.29, 0.717) is 31.6 Å². The fourth-order valence-electron chi connectivity index (χ4n) is 3.07. The number of alkyl carbamates (subject to hydrolysis) is 1. The van der Waals surface area contributed by atoms with Crippen molar-refractivity contribution in [2.45, 2.75) is 59.0 Å². The van der Waals surface area contributed by atoms with Crippen molar-refractivity contribution in [3.8, 4) is 5.75 Å². The molecule has 0 bridgehead atoms. The number of primary amides is 1. The van der Waals surface area contributed by atoms with Gasteiger partial charge in [0.1, 0.15) is 12.2 Å². The van der Waals surface area contributed by atoms with Crippen LogP contribution in [-0.2, 0) is 14.3 Å². The van der Waals surface area contributed by atoms with Gasteiger partial charge < -0.3 is 32.0 Å². The normalized spacial score (nSPS) is 10.7. The average Bonchev–Trinajstić information content (AvgIpc) is 2.90. The first-order valence-corrected chi connectivity index (χ1v) is 13.2. The third kappa shape index (κ3) is 18.2. The van der Waals surface area contributed by atoms with Crippen molar-refractivity contribution in [2.75, 3.05) is 24.7 Å². The number of unbranched alkanes of at least 4 members (excludes halogenated alkanes) is 2. The number of carbonyl (C=O) groups excluding carboxylic acids is 3. The molecule has 0 aliphatic rings. The number of hydrogen-bond acceptors (Lipinski definition) is 9. The number of rotatable bonds is 12. The Balaban J connectivity index is 0.000000829. The number of nitrogens with two attached hydrogens (primary N) is 4. The Kier molecular flexibility index (Phi) is 18.5. The van der Waals surface area contributed by atoms with Crippen LogP contribution >= 0.6 is 0 Å². The van der Waals surface area contributed by atoms with Crippen molar-refractivity contribution in [3.05, 3.63) is 71.6 Å². The number of hydrazine groups is 1. The van der Waals surface area contributed by atoms with Crippen LogP contribution in [0.2, 0.25) is 0 Å². The smallest absolute Gasteiger partial charge is 0.407 e. The van der Waals surface area contributed by atoms with E-state index in [9.17, 15) is 18.4 Å². The maximum Gasteiger partial charge on any atom is 0.407 e. The van der Waals surface area contributed by atoms with E-state index in [2.05, 4.69) is 11.1 Å². The monoisotopic (exact) mass is 594 g/mol. The van der Waals surface area contributed by atoms with E-state index in [1.54, 1.807) is 27.0 Å². The van der Waals surface area contributed by atoms with Crippen LogP contribution in [0.3, 0.4) is 0 Å². The SMILES string of the molecule is CC(C)(C)OC(=O)NCCCCCC(=O)COc1c(F)cccc1F.Cc1cccc(N(N)/C=C(\N)CN)c1.NC=O. The maximum atomic E-state index is 13.3. The molecule has 2 aromatic carbocycles. The number of ether oxygens (including phenoxy) is 2. The third-order valence-corrected chi connectivity index (χ3v) is 4.94. The van der Waals surface area contributed by atoms with Gasteiger partial charge >= 0.3 is 6.09 Å². The first kappa shape index (κ1) is 37.8. The number of hydrogen-bond donors (Lipinski definition) is 5. The third-order valence-electron chi connectivity index (χ3n) is 4.94. The summed E-state index contributed by atoms with van der Waals surface area (Å²) in [5.74, 6) is 3.33. The molecule has 0 radical (unpaired) electrons. The minimum Gasteiger partial charge on any atom is -0.480 e. The molecular formula is C29H44F2N6O5. The summed E-state index contributed by atoms with van der Waals surface area (Å²) < 4.78 is 36.7. The number of Topliss-reactive ketones (excluding diaryl/α,β-unsaturated/α-hetero) is 1. The van der Waals surface area contributed by atoms with Gasteiger partial charge in [-0.3, -0.25) is 14.6 Å². The second kappa shape index (κ2) is 20.6. The second-order valence-electron chi connectivity index (χ2n) is 9.91. The molecule has 0 heterocycles. The van der Waals surface area contributed by atoms with E-state index in [4.69, 9.17) is 31.6 Å². The predicted octanol–water partition coefficient (Wildman–Crippen LogP) is 3.53. The molecule has 234 valence electrons. The van der Waals surface area contributed by atoms with E-state index in [1.165, 1.54) is 11.1 Å². The standard InChI is InChI=1S/C18H25F2NO4.C10H16N4.CH3NO/c1-18(2,3)25-17(23)21-11-6-4-5-8-13(22)12-24-16-14(19)9-7-10-15(16)20;1-8-3-2-4-10(5-8)14(13)7-9(12)6-11;2-1-3/h7,9-10H,4-6,8,11-12H2,1-3H3,(H,21,23);2-5,7H,6,11-13H2,1H3;1H,(H2,2,3)/b;9-7-;. The molecule has 0 aromatic heterocycles. The van der Waals surface area contributed by atoms with E-state index in [-0.39, 0.29) is 25.2 Å². The minimum absolute atomic E-state index is 0.234. The van der Waals surface area contributed by atoms with Gasteiger partial charge in [0.05, 0.1) is 5.69 Å². The Hall–Kier alpha value is -4.23. The lowest BCUT2D eigenvalue weighted by molar-refractivity contribution is -0.121. The summed E-state index contributed by atoms with van der Waals surface area (Å²) in [4.78, 5) is 31.7. The molecule has 0 aliphatic heterocycles. The Morgan fingerprint density at radius 1 is 1.05 bits per heavy atom. The van der Waals surface area contributed by atoms with Gasteiger partial charge in [0.2, 0.25) is 6.41 Å². The molecule has 42 heavy (non-hydrogen) atoms. The van der Waals surface area contributed by atoms with Crippen LogP contribution in [0, 0.1) is 18.6 Å². The Morgan fingerprint density at radius 2 is 1.64 bits per heavy atom. The molecule has 0 atom stereocenters. The van der Waals surface area contributed by atoms with Gasteiger partial charge in [0, 0.05) is 31.4 Å². The van der Waals surface area contributed by atoms with Crippen LogP contribution < -0.4 is 38.1 Å². The number of amides is 2. The van der Waals surface area contributed by atoms with Gasteiger partial charge in [-0.2, -0.15) is 0 Å². The van der Waals surface area contributed by atoms with Crippen molar-refractivity contribution >= 4 is 24.0 Å². The number of para-hydroxylation sites is 1. The number of halogens is 2. The van der Waals surface area contributed by atoms with E-state index in [1.807, 2.05) is 31.2 Å². The Morgan fingerprint density at radius 3 is 2.19 bits per heavy atom. The summed E-state index contributed by atoms with van der Waals surface area (Å²) in [5, 5.41) is 4.10. The van der Waals surface area contributed by atoms with Crippen LogP contribution in [-0.4, -0.2) is 43.6 Å². The molecule has 0 saturated heterocycles. The molecule has 9 N–H and O–H groups in total. The van der Waals surface area contributed by atoms with Gasteiger partial charge in [-0.05, 0) is 70.4 Å². The lowest BCUT2D eigenvalue weighted by atomic mass is 10.1. The summed E-state index contributed by atoms with van der Waals surface area (Å²) in [7, 11) is 0. The van der Waals surface area contributed by atoms with E-state index in [0.717, 1.165) is 29.8 Å². The van der Waals surface area contributed by atoms with Crippen molar-refractivity contribution < 1.29 is 32.6 Å². The zero-order valence-electron chi connectivity index (χ0n) is 24.7. The zero-order chi connectivity index (χ0) is 32.1. The molecule has 2 aromatic rings. The van der Waals surface area contributed by atoms with E-state index >= 15 is 0 Å². The highest BCUT2D eigenvalue weighted by molar-refractivity contribution is 5.79. The minimum atomic E-state index is -0.832. The molecule has 0 fully saturated rings. The number of nitrogens with one attached hydrogen (secondary N) is 1. The van der Waals surface area contributed by atoms with Crippen LogP contribution in [0.25, 0.3) is 0 Å². The van der Waals surface area contributed by atoms with Crippen LogP contribution in [0.4, 0.5) is 19.3 Å². The Bertz CT molecular complexity index is 1120. The molecule has 2 rings (SSSR count). The quantitative estimate of drug-likeness (QED) is 0.106. The molecule has 0 aliphatic carbocycles. The molecule has 2 amide bonds. The van der Waals surface area contributed by atoms with Crippen molar-refractivity contribution in [1.82, 2.24) is 5.32 Å². The number of anilines is 1. The highest BCUT2D eigenvalue weighted by atomic mass is 19.1. The number of carbonyl (C=O) groups is 3. The van der Waals surface area contributed by atoms with Crippen molar-refractivity contribution in [3.63, 3.8) is 0 Å². The first-order valence-electron chi connectivity index (χ1n) is 13.2. The molecule has 0 saturated carbocycles. The lowest BCUT2D eigenvalue weighted by Gasteiger charge is -2.19.